The van der Waals surface area contributed by atoms with Gasteiger partial charge in [0.05, 0.1) is 30.6 Å². The normalized spacial score (nSPS) is 10.5. The zero-order valence-corrected chi connectivity index (χ0v) is 14.1. The van der Waals surface area contributed by atoms with Gasteiger partial charge in [0.15, 0.2) is 11.5 Å². The molecule has 122 valence electrons. The zero-order chi connectivity index (χ0) is 16.8. The highest BCUT2D eigenvalue weighted by molar-refractivity contribution is 6.32. The van der Waals surface area contributed by atoms with Gasteiger partial charge in [0.2, 0.25) is 0 Å². The summed E-state index contributed by atoms with van der Waals surface area (Å²) in [6, 6.07) is 6.66. The summed E-state index contributed by atoms with van der Waals surface area (Å²) in [5.74, 6) is 0.924. The lowest BCUT2D eigenvalue weighted by atomic mass is 10.1. The lowest BCUT2D eigenvalue weighted by Crippen LogP contribution is -2.13. The molecule has 0 unspecified atom stereocenters. The van der Waals surface area contributed by atoms with Crippen molar-refractivity contribution in [2.24, 2.45) is 5.92 Å². The molecule has 1 amide bonds. The lowest BCUT2D eigenvalue weighted by molar-refractivity contribution is 0.102. The Labute approximate surface area is 140 Å². The molecular weight excluding hydrogens is 316 g/mol. The second-order valence-electron chi connectivity index (χ2n) is 5.39. The van der Waals surface area contributed by atoms with Crippen molar-refractivity contribution in [3.05, 3.63) is 47.2 Å². The number of pyridine rings is 1. The number of nitrogens with zero attached hydrogens (tertiary/aromatic N) is 1. The SMILES string of the molecule is COc1cc(C(=O)Nc2cccnc2)cc(Cl)c1OCC(C)C. The van der Waals surface area contributed by atoms with Crippen LogP contribution in [0.25, 0.3) is 0 Å². The summed E-state index contributed by atoms with van der Waals surface area (Å²) in [4.78, 5) is 16.3. The van der Waals surface area contributed by atoms with Crippen molar-refractivity contribution in [1.82, 2.24) is 4.98 Å². The number of rotatable bonds is 6. The van der Waals surface area contributed by atoms with E-state index in [9.17, 15) is 4.79 Å². The van der Waals surface area contributed by atoms with E-state index in [0.717, 1.165) is 0 Å². The molecule has 0 atom stereocenters. The summed E-state index contributed by atoms with van der Waals surface area (Å²) in [7, 11) is 1.51. The maximum atomic E-state index is 12.3. The Morgan fingerprint density at radius 1 is 1.39 bits per heavy atom. The maximum Gasteiger partial charge on any atom is 0.255 e. The third-order valence-corrected chi connectivity index (χ3v) is 3.25. The number of aromatic nitrogens is 1. The number of hydrogen-bond donors (Lipinski definition) is 1. The van der Waals surface area contributed by atoms with Crippen LogP contribution in [0.1, 0.15) is 24.2 Å². The number of carbonyl (C=O) groups excluding carboxylic acids is 1. The Morgan fingerprint density at radius 2 is 2.17 bits per heavy atom. The first-order valence-corrected chi connectivity index (χ1v) is 7.60. The largest absolute Gasteiger partial charge is 0.493 e. The van der Waals surface area contributed by atoms with Gasteiger partial charge in [0, 0.05) is 11.8 Å². The summed E-state index contributed by atoms with van der Waals surface area (Å²) in [6.45, 7) is 4.59. The van der Waals surface area contributed by atoms with Gasteiger partial charge >= 0.3 is 0 Å². The van der Waals surface area contributed by atoms with E-state index >= 15 is 0 Å². The van der Waals surface area contributed by atoms with Crippen molar-refractivity contribution in [3.63, 3.8) is 0 Å². The molecule has 0 radical (unpaired) electrons. The molecule has 0 fully saturated rings. The lowest BCUT2D eigenvalue weighted by Gasteiger charge is -2.15. The van der Waals surface area contributed by atoms with Crippen molar-refractivity contribution in [3.8, 4) is 11.5 Å². The van der Waals surface area contributed by atoms with Gasteiger partial charge in [0.25, 0.3) is 5.91 Å². The van der Waals surface area contributed by atoms with Crippen LogP contribution >= 0.6 is 11.6 Å². The quantitative estimate of drug-likeness (QED) is 0.866. The number of benzene rings is 1. The van der Waals surface area contributed by atoms with Crippen LogP contribution in [0.5, 0.6) is 11.5 Å². The second-order valence-corrected chi connectivity index (χ2v) is 5.80. The Bertz CT molecular complexity index is 675. The van der Waals surface area contributed by atoms with E-state index in [0.29, 0.717) is 40.3 Å². The fourth-order valence-electron chi connectivity index (χ4n) is 1.88. The first-order chi connectivity index (χ1) is 11.0. The van der Waals surface area contributed by atoms with Gasteiger partial charge < -0.3 is 14.8 Å². The smallest absolute Gasteiger partial charge is 0.255 e. The highest BCUT2D eigenvalue weighted by atomic mass is 35.5. The number of halogens is 1. The van der Waals surface area contributed by atoms with Crippen molar-refractivity contribution < 1.29 is 14.3 Å². The van der Waals surface area contributed by atoms with E-state index in [-0.39, 0.29) is 5.91 Å². The van der Waals surface area contributed by atoms with Gasteiger partial charge in [-0.15, -0.1) is 0 Å². The predicted octanol–water partition coefficient (Wildman–Crippen LogP) is 4.03. The molecule has 1 aromatic carbocycles. The highest BCUT2D eigenvalue weighted by Gasteiger charge is 2.16. The van der Waals surface area contributed by atoms with Crippen molar-refractivity contribution in [2.45, 2.75) is 13.8 Å². The molecular formula is C17H19ClN2O3. The van der Waals surface area contributed by atoms with Gasteiger partial charge in [0.1, 0.15) is 0 Å². The number of methoxy groups -OCH3 is 1. The first kappa shape index (κ1) is 17.1. The molecule has 2 aromatic rings. The van der Waals surface area contributed by atoms with Crippen LogP contribution in [0.15, 0.2) is 36.7 Å². The van der Waals surface area contributed by atoms with Crippen LogP contribution in [0.4, 0.5) is 5.69 Å². The summed E-state index contributed by atoms with van der Waals surface area (Å²) in [6.07, 6.45) is 3.20. The van der Waals surface area contributed by atoms with Crippen molar-refractivity contribution in [2.75, 3.05) is 19.0 Å². The van der Waals surface area contributed by atoms with E-state index < -0.39 is 0 Å². The van der Waals surface area contributed by atoms with Crippen LogP contribution < -0.4 is 14.8 Å². The minimum atomic E-state index is -0.298. The summed E-state index contributed by atoms with van der Waals surface area (Å²) in [5.41, 5.74) is 0.986. The molecule has 23 heavy (non-hydrogen) atoms. The zero-order valence-electron chi connectivity index (χ0n) is 13.3. The summed E-state index contributed by atoms with van der Waals surface area (Å²) in [5, 5.41) is 3.08. The van der Waals surface area contributed by atoms with Gasteiger partial charge in [-0.2, -0.15) is 0 Å². The molecule has 0 saturated carbocycles. The third-order valence-electron chi connectivity index (χ3n) is 2.97. The maximum absolute atomic E-state index is 12.3. The fraction of sp³-hybridized carbons (Fsp3) is 0.294. The molecule has 6 heteroatoms. The number of carbonyl (C=O) groups is 1. The molecule has 0 saturated heterocycles. The minimum absolute atomic E-state index is 0.298. The second kappa shape index (κ2) is 7.83. The Kier molecular flexibility index (Phi) is 5.82. The van der Waals surface area contributed by atoms with Gasteiger partial charge in [-0.05, 0) is 30.2 Å². The topological polar surface area (TPSA) is 60.5 Å². The third kappa shape index (κ3) is 4.60. The Balaban J connectivity index is 2.23. The molecule has 0 aliphatic rings. The average Bonchev–Trinajstić information content (AvgIpc) is 2.53. The number of ether oxygens (including phenoxy) is 2. The van der Waals surface area contributed by atoms with Crippen molar-refractivity contribution >= 4 is 23.2 Å². The highest BCUT2D eigenvalue weighted by Crippen LogP contribution is 2.36. The average molecular weight is 335 g/mol. The fourth-order valence-corrected chi connectivity index (χ4v) is 2.15. The van der Waals surface area contributed by atoms with E-state index in [4.69, 9.17) is 21.1 Å². The van der Waals surface area contributed by atoms with Crippen LogP contribution in [-0.4, -0.2) is 24.6 Å². The van der Waals surface area contributed by atoms with Gasteiger partial charge in [-0.3, -0.25) is 9.78 Å². The number of hydrogen-bond acceptors (Lipinski definition) is 4. The molecule has 1 aromatic heterocycles. The molecule has 2 rings (SSSR count). The van der Waals surface area contributed by atoms with E-state index in [1.165, 1.54) is 7.11 Å². The van der Waals surface area contributed by atoms with Crippen LogP contribution in [0, 0.1) is 5.92 Å². The van der Waals surface area contributed by atoms with E-state index in [1.807, 2.05) is 13.8 Å². The van der Waals surface area contributed by atoms with Gasteiger partial charge in [-0.1, -0.05) is 25.4 Å². The standard InChI is InChI=1S/C17H19ClN2O3/c1-11(2)10-23-16-14(18)7-12(8-15(16)22-3)17(21)20-13-5-4-6-19-9-13/h4-9,11H,10H2,1-3H3,(H,20,21). The molecule has 5 nitrogen and oxygen atoms in total. The van der Waals surface area contributed by atoms with Gasteiger partial charge in [-0.25, -0.2) is 0 Å². The molecule has 0 spiro atoms. The van der Waals surface area contributed by atoms with E-state index in [1.54, 1.807) is 36.7 Å². The van der Waals surface area contributed by atoms with Crippen LogP contribution in [-0.2, 0) is 0 Å². The Hall–Kier alpha value is -2.27. The molecule has 0 aliphatic carbocycles. The minimum Gasteiger partial charge on any atom is -0.493 e. The number of nitrogens with one attached hydrogen (secondary N) is 1. The molecule has 0 bridgehead atoms. The monoisotopic (exact) mass is 334 g/mol. The Morgan fingerprint density at radius 3 is 2.78 bits per heavy atom. The summed E-state index contributed by atoms with van der Waals surface area (Å²) < 4.78 is 11.0. The van der Waals surface area contributed by atoms with Crippen molar-refractivity contribution in [1.29, 1.82) is 0 Å². The van der Waals surface area contributed by atoms with Crippen LogP contribution in [0.3, 0.4) is 0 Å². The summed E-state index contributed by atoms with van der Waals surface area (Å²) >= 11 is 6.25. The van der Waals surface area contributed by atoms with Crippen LogP contribution in [0.2, 0.25) is 5.02 Å². The first-order valence-electron chi connectivity index (χ1n) is 7.23. The van der Waals surface area contributed by atoms with E-state index in [2.05, 4.69) is 10.3 Å². The molecule has 0 aliphatic heterocycles. The number of amides is 1. The number of anilines is 1. The molecule has 1 heterocycles. The molecule has 1 N–H and O–H groups in total. The predicted molar refractivity (Wildman–Crippen MR) is 90.5 cm³/mol.